The maximum Gasteiger partial charge on any atom is 0.294 e. The average molecular weight is 325 g/mol. The normalized spacial score (nSPS) is 11.5. The monoisotopic (exact) mass is 325 g/mol. The van der Waals surface area contributed by atoms with Gasteiger partial charge in [0.05, 0.1) is 4.90 Å². The van der Waals surface area contributed by atoms with E-state index >= 15 is 0 Å². The average Bonchev–Trinajstić information content (AvgIpc) is 2.44. The molecule has 0 atom stereocenters. The van der Waals surface area contributed by atoms with Crippen LogP contribution in [0.2, 0.25) is 0 Å². The minimum Gasteiger partial charge on any atom is -0.326 e. The molecule has 0 saturated heterocycles. The summed E-state index contributed by atoms with van der Waals surface area (Å²) in [4.78, 5) is 11.6. The Morgan fingerprint density at radius 3 is 2.67 bits per heavy atom. The highest BCUT2D eigenvalue weighted by Crippen LogP contribution is 2.26. The van der Waals surface area contributed by atoms with Gasteiger partial charge < -0.3 is 5.32 Å². The van der Waals surface area contributed by atoms with Gasteiger partial charge in [0.2, 0.25) is 5.91 Å². The number of hydrogen-bond donors (Lipinski definition) is 3. The van der Waals surface area contributed by atoms with Gasteiger partial charge >= 0.3 is 0 Å². The molecule has 0 saturated carbocycles. The van der Waals surface area contributed by atoms with E-state index < -0.39 is 10.1 Å². The minimum atomic E-state index is -4.24. The van der Waals surface area contributed by atoms with Crippen LogP contribution < -0.4 is 5.32 Å². The third kappa shape index (κ3) is 3.96. The predicted octanol–water partition coefficient (Wildman–Crippen LogP) is 2.74. The lowest BCUT2D eigenvalue weighted by atomic mass is 10.1. The van der Waals surface area contributed by atoms with Crippen molar-refractivity contribution in [1.82, 2.24) is 0 Å². The van der Waals surface area contributed by atoms with Gasteiger partial charge in [0.1, 0.15) is 0 Å². The van der Waals surface area contributed by atoms with Crippen molar-refractivity contribution in [1.29, 1.82) is 0 Å². The lowest BCUT2D eigenvalue weighted by Gasteiger charge is -2.09. The number of nitrogens with one attached hydrogen (secondary N) is 1. The van der Waals surface area contributed by atoms with Crippen LogP contribution in [0.1, 0.15) is 12.8 Å². The summed E-state index contributed by atoms with van der Waals surface area (Å²) in [6.45, 7) is 0. The van der Waals surface area contributed by atoms with Crippen LogP contribution in [0.15, 0.2) is 41.3 Å². The molecule has 112 valence electrons. The molecule has 2 N–H and O–H groups in total. The third-order valence-electron chi connectivity index (χ3n) is 2.99. The van der Waals surface area contributed by atoms with Gasteiger partial charge in [-0.3, -0.25) is 9.35 Å². The van der Waals surface area contributed by atoms with Gasteiger partial charge in [0.25, 0.3) is 10.1 Å². The summed E-state index contributed by atoms with van der Waals surface area (Å²) >= 11 is 4.06. The summed E-state index contributed by atoms with van der Waals surface area (Å²) in [5.74, 6) is 0.524. The van der Waals surface area contributed by atoms with E-state index in [4.69, 9.17) is 4.55 Å². The van der Waals surface area contributed by atoms with Crippen LogP contribution in [0, 0.1) is 0 Å². The number of hydrogen-bond acceptors (Lipinski definition) is 4. The van der Waals surface area contributed by atoms with Crippen LogP contribution in [0.5, 0.6) is 0 Å². The SMILES string of the molecule is O=C(CCCS)Nc1cccc2cc(S(=O)(=O)O)ccc12. The van der Waals surface area contributed by atoms with E-state index in [0.717, 1.165) is 0 Å². The molecule has 21 heavy (non-hydrogen) atoms. The van der Waals surface area contributed by atoms with E-state index in [9.17, 15) is 13.2 Å². The molecular formula is C14H15NO4S2. The zero-order chi connectivity index (χ0) is 15.5. The van der Waals surface area contributed by atoms with Crippen molar-refractivity contribution in [2.24, 2.45) is 0 Å². The second-order valence-corrected chi connectivity index (χ2v) is 6.41. The maximum absolute atomic E-state index is 11.8. The zero-order valence-electron chi connectivity index (χ0n) is 11.1. The molecule has 2 aromatic rings. The summed E-state index contributed by atoms with van der Waals surface area (Å²) < 4.78 is 31.3. The lowest BCUT2D eigenvalue weighted by Crippen LogP contribution is -2.11. The van der Waals surface area contributed by atoms with Crippen LogP contribution >= 0.6 is 12.6 Å². The molecule has 0 aromatic heterocycles. The molecule has 0 heterocycles. The molecule has 0 bridgehead atoms. The van der Waals surface area contributed by atoms with Crippen molar-refractivity contribution in [2.75, 3.05) is 11.1 Å². The molecule has 2 aromatic carbocycles. The first-order valence-electron chi connectivity index (χ1n) is 6.33. The second-order valence-electron chi connectivity index (χ2n) is 4.54. The largest absolute Gasteiger partial charge is 0.326 e. The topological polar surface area (TPSA) is 83.5 Å². The smallest absolute Gasteiger partial charge is 0.294 e. The number of amides is 1. The van der Waals surface area contributed by atoms with Crippen LogP contribution in [0.4, 0.5) is 5.69 Å². The summed E-state index contributed by atoms with van der Waals surface area (Å²) in [6, 6.07) is 9.41. The van der Waals surface area contributed by atoms with E-state index in [2.05, 4.69) is 17.9 Å². The van der Waals surface area contributed by atoms with Crippen molar-refractivity contribution >= 4 is 45.1 Å². The number of carbonyl (C=O) groups excluding carboxylic acids is 1. The highest BCUT2D eigenvalue weighted by Gasteiger charge is 2.11. The maximum atomic E-state index is 11.8. The van der Waals surface area contributed by atoms with E-state index in [1.807, 2.05) is 0 Å². The zero-order valence-corrected chi connectivity index (χ0v) is 12.8. The first kappa shape index (κ1) is 15.8. The number of benzene rings is 2. The Morgan fingerprint density at radius 2 is 2.00 bits per heavy atom. The minimum absolute atomic E-state index is 0.115. The Labute approximate surface area is 128 Å². The summed E-state index contributed by atoms with van der Waals surface area (Å²) in [7, 11) is -4.24. The van der Waals surface area contributed by atoms with Crippen LogP contribution in [-0.2, 0) is 14.9 Å². The Balaban J connectivity index is 2.36. The van der Waals surface area contributed by atoms with E-state index in [-0.39, 0.29) is 10.8 Å². The van der Waals surface area contributed by atoms with Crippen molar-refractivity contribution in [3.05, 3.63) is 36.4 Å². The van der Waals surface area contributed by atoms with Gasteiger partial charge in [-0.15, -0.1) is 0 Å². The molecule has 0 aliphatic rings. The summed E-state index contributed by atoms with van der Waals surface area (Å²) in [6.07, 6.45) is 1.07. The first-order valence-corrected chi connectivity index (χ1v) is 8.40. The van der Waals surface area contributed by atoms with Crippen LogP contribution in [0.3, 0.4) is 0 Å². The highest BCUT2D eigenvalue weighted by atomic mass is 32.2. The first-order chi connectivity index (χ1) is 9.91. The second kappa shape index (κ2) is 6.46. The number of anilines is 1. The van der Waals surface area contributed by atoms with Gasteiger partial charge in [0.15, 0.2) is 0 Å². The van der Waals surface area contributed by atoms with Gasteiger partial charge in [-0.2, -0.15) is 21.0 Å². The molecule has 0 unspecified atom stereocenters. The number of carbonyl (C=O) groups is 1. The molecule has 0 aliphatic carbocycles. The Bertz CT molecular complexity index is 772. The Morgan fingerprint density at radius 1 is 1.24 bits per heavy atom. The molecule has 0 radical (unpaired) electrons. The molecular weight excluding hydrogens is 310 g/mol. The molecule has 7 heteroatoms. The molecule has 2 rings (SSSR count). The fourth-order valence-corrected chi connectivity index (χ4v) is 2.66. The van der Waals surface area contributed by atoms with Gasteiger partial charge in [-0.05, 0) is 35.8 Å². The van der Waals surface area contributed by atoms with Crippen LogP contribution in [0.25, 0.3) is 10.8 Å². The van der Waals surface area contributed by atoms with Crippen molar-refractivity contribution in [3.63, 3.8) is 0 Å². The molecule has 0 spiro atoms. The number of thiol groups is 1. The highest BCUT2D eigenvalue weighted by molar-refractivity contribution is 7.85. The number of fused-ring (bicyclic) bond motifs is 1. The third-order valence-corrected chi connectivity index (χ3v) is 4.15. The predicted molar refractivity (Wildman–Crippen MR) is 85.5 cm³/mol. The van der Waals surface area contributed by atoms with E-state index in [0.29, 0.717) is 35.1 Å². The van der Waals surface area contributed by atoms with E-state index in [1.54, 1.807) is 24.3 Å². The lowest BCUT2D eigenvalue weighted by molar-refractivity contribution is -0.116. The fourth-order valence-electron chi connectivity index (χ4n) is 1.98. The standard InChI is InChI=1S/C14H15NO4S2/c16-14(5-2-8-20)15-13-4-1-3-10-9-11(21(17,18)19)6-7-12(10)13/h1,3-4,6-7,9,20H,2,5,8H2,(H,15,16)(H,17,18,19). The van der Waals surface area contributed by atoms with Crippen molar-refractivity contribution in [3.8, 4) is 0 Å². The van der Waals surface area contributed by atoms with Crippen molar-refractivity contribution < 1.29 is 17.8 Å². The summed E-state index contributed by atoms with van der Waals surface area (Å²) in [5.41, 5.74) is 0.610. The molecule has 1 amide bonds. The Kier molecular flexibility index (Phi) is 4.87. The Hall–Kier alpha value is -1.57. The van der Waals surface area contributed by atoms with E-state index in [1.165, 1.54) is 12.1 Å². The molecule has 0 aliphatic heterocycles. The quantitative estimate of drug-likeness (QED) is 0.583. The van der Waals surface area contributed by atoms with Gasteiger partial charge in [-0.1, -0.05) is 18.2 Å². The number of rotatable bonds is 5. The van der Waals surface area contributed by atoms with Gasteiger partial charge in [-0.25, -0.2) is 0 Å². The fraction of sp³-hybridized carbons (Fsp3) is 0.214. The van der Waals surface area contributed by atoms with Crippen molar-refractivity contribution in [2.45, 2.75) is 17.7 Å². The van der Waals surface area contributed by atoms with Gasteiger partial charge in [0, 0.05) is 17.5 Å². The summed E-state index contributed by atoms with van der Waals surface area (Å²) in [5, 5.41) is 4.13. The van der Waals surface area contributed by atoms with Crippen LogP contribution in [-0.4, -0.2) is 24.6 Å². The molecule has 0 fully saturated rings. The molecule has 5 nitrogen and oxygen atoms in total.